The van der Waals surface area contributed by atoms with Gasteiger partial charge in [0.25, 0.3) is 11.8 Å². The maximum atomic E-state index is 11.6. The van der Waals surface area contributed by atoms with Crippen molar-refractivity contribution in [2.75, 3.05) is 6.54 Å². The Bertz CT molecular complexity index is 425. The van der Waals surface area contributed by atoms with Gasteiger partial charge >= 0.3 is 0 Å². The number of hydrogen-bond acceptors (Lipinski definition) is 4. The zero-order chi connectivity index (χ0) is 15.8. The summed E-state index contributed by atoms with van der Waals surface area (Å²) in [5.41, 5.74) is 0. The fourth-order valence-electron chi connectivity index (χ4n) is 1.96. The van der Waals surface area contributed by atoms with Gasteiger partial charge in [-0.1, -0.05) is 20.3 Å². The summed E-state index contributed by atoms with van der Waals surface area (Å²) in [6.07, 6.45) is 6.71. The molecule has 0 aliphatic carbocycles. The standard InChI is InChI=1S/C15H21N2O4/c1-11(2)12(10-18)16-13(19)6-4-3-5-9-17-14(20)7-8-15(17)21/h7-8,11-12H,3-6,9H2,1-2H3,(H,16,19)/t12-/m1/s1. The molecule has 0 fully saturated rings. The maximum absolute atomic E-state index is 11.6. The van der Waals surface area contributed by atoms with Crippen LogP contribution in [0, 0.1) is 5.92 Å². The van der Waals surface area contributed by atoms with E-state index in [1.807, 2.05) is 20.1 Å². The van der Waals surface area contributed by atoms with Crippen LogP contribution in [0.4, 0.5) is 0 Å². The number of imide groups is 1. The first kappa shape index (κ1) is 17.1. The van der Waals surface area contributed by atoms with E-state index < -0.39 is 6.04 Å². The van der Waals surface area contributed by atoms with Crippen LogP contribution in [0.5, 0.6) is 0 Å². The molecule has 1 heterocycles. The van der Waals surface area contributed by atoms with E-state index in [4.69, 9.17) is 0 Å². The summed E-state index contributed by atoms with van der Waals surface area (Å²) in [6, 6.07) is -0.566. The lowest BCUT2D eigenvalue weighted by atomic mass is 10.1. The van der Waals surface area contributed by atoms with E-state index in [0.717, 1.165) is 6.42 Å². The van der Waals surface area contributed by atoms with Gasteiger partial charge in [0.05, 0.1) is 6.04 Å². The van der Waals surface area contributed by atoms with Crippen molar-refractivity contribution in [3.05, 3.63) is 12.2 Å². The Morgan fingerprint density at radius 1 is 1.19 bits per heavy atom. The second-order valence-electron chi connectivity index (χ2n) is 5.38. The number of rotatable bonds is 9. The van der Waals surface area contributed by atoms with Crippen molar-refractivity contribution < 1.29 is 19.2 Å². The van der Waals surface area contributed by atoms with Crippen molar-refractivity contribution in [2.45, 2.75) is 45.6 Å². The summed E-state index contributed by atoms with van der Waals surface area (Å²) < 4.78 is 0. The average Bonchev–Trinajstić information content (AvgIpc) is 2.75. The van der Waals surface area contributed by atoms with Crippen molar-refractivity contribution in [3.63, 3.8) is 0 Å². The lowest BCUT2D eigenvalue weighted by Crippen LogP contribution is -2.39. The van der Waals surface area contributed by atoms with Gasteiger partial charge in [0.15, 0.2) is 0 Å². The number of nitrogens with one attached hydrogen (secondary N) is 1. The number of carbonyl (C=O) groups excluding carboxylic acids is 4. The lowest BCUT2D eigenvalue weighted by molar-refractivity contribution is -0.137. The molecule has 0 spiro atoms. The molecule has 1 atom stereocenters. The highest BCUT2D eigenvalue weighted by Crippen LogP contribution is 2.08. The Morgan fingerprint density at radius 2 is 1.81 bits per heavy atom. The van der Waals surface area contributed by atoms with E-state index in [1.54, 1.807) is 0 Å². The highest BCUT2D eigenvalue weighted by Gasteiger charge is 2.22. The van der Waals surface area contributed by atoms with Gasteiger partial charge in [-0.3, -0.25) is 24.1 Å². The molecule has 0 aromatic rings. The molecule has 0 saturated carbocycles. The molecule has 0 bridgehead atoms. The minimum absolute atomic E-state index is 0.0196. The Kier molecular flexibility index (Phi) is 6.78. The highest BCUT2D eigenvalue weighted by atomic mass is 16.2. The Hall–Kier alpha value is -1.98. The van der Waals surface area contributed by atoms with E-state index in [1.165, 1.54) is 17.1 Å². The van der Waals surface area contributed by atoms with Crippen molar-refractivity contribution in [3.8, 4) is 0 Å². The van der Waals surface area contributed by atoms with E-state index in [2.05, 4.69) is 5.32 Å². The molecular weight excluding hydrogens is 272 g/mol. The summed E-state index contributed by atoms with van der Waals surface area (Å²) in [7, 11) is 0. The quantitative estimate of drug-likeness (QED) is 0.501. The Labute approximate surface area is 124 Å². The summed E-state index contributed by atoms with van der Waals surface area (Å²) in [4.78, 5) is 46.0. The van der Waals surface area contributed by atoms with E-state index in [-0.39, 0.29) is 23.6 Å². The molecule has 1 aliphatic rings. The summed E-state index contributed by atoms with van der Waals surface area (Å²) in [6.45, 7) is 4.06. The minimum Gasteiger partial charge on any atom is -0.346 e. The van der Waals surface area contributed by atoms with Crippen molar-refractivity contribution in [2.24, 2.45) is 5.92 Å². The fraction of sp³-hybridized carbons (Fsp3) is 0.600. The first-order chi connectivity index (χ1) is 9.95. The first-order valence-electron chi connectivity index (χ1n) is 7.16. The number of hydrogen-bond donors (Lipinski definition) is 1. The van der Waals surface area contributed by atoms with Crippen molar-refractivity contribution >= 4 is 24.0 Å². The molecule has 0 unspecified atom stereocenters. The molecule has 1 N–H and O–H groups in total. The third-order valence-corrected chi connectivity index (χ3v) is 3.30. The zero-order valence-corrected chi connectivity index (χ0v) is 12.4. The average molecular weight is 293 g/mol. The first-order valence-corrected chi connectivity index (χ1v) is 7.16. The van der Waals surface area contributed by atoms with Gasteiger partial charge in [-0.25, -0.2) is 0 Å². The Morgan fingerprint density at radius 3 is 2.33 bits per heavy atom. The number of nitrogens with zero attached hydrogens (tertiary/aromatic N) is 1. The summed E-state index contributed by atoms with van der Waals surface area (Å²) in [5, 5.41) is 2.62. The molecular formula is C15H21N2O4. The molecule has 1 rings (SSSR count). The second-order valence-corrected chi connectivity index (χ2v) is 5.38. The van der Waals surface area contributed by atoms with Gasteiger partial charge in [0, 0.05) is 25.1 Å². The molecule has 1 radical (unpaired) electrons. The summed E-state index contributed by atoms with van der Waals surface area (Å²) in [5.74, 6) is -0.712. The smallest absolute Gasteiger partial charge is 0.253 e. The number of unbranched alkanes of at least 4 members (excludes halogenated alkanes) is 2. The van der Waals surface area contributed by atoms with Gasteiger partial charge < -0.3 is 5.32 Å². The van der Waals surface area contributed by atoms with Crippen LogP contribution in [0.1, 0.15) is 39.5 Å². The molecule has 21 heavy (non-hydrogen) atoms. The van der Waals surface area contributed by atoms with Crippen LogP contribution < -0.4 is 5.32 Å². The molecule has 6 nitrogen and oxygen atoms in total. The van der Waals surface area contributed by atoms with E-state index in [9.17, 15) is 19.2 Å². The fourth-order valence-corrected chi connectivity index (χ4v) is 1.96. The van der Waals surface area contributed by atoms with Crippen LogP contribution in [0.15, 0.2) is 12.2 Å². The van der Waals surface area contributed by atoms with Crippen LogP contribution in [-0.4, -0.2) is 41.5 Å². The molecule has 6 heteroatoms. The van der Waals surface area contributed by atoms with Crippen molar-refractivity contribution in [1.29, 1.82) is 0 Å². The lowest BCUT2D eigenvalue weighted by Gasteiger charge is -2.15. The molecule has 1 aliphatic heterocycles. The SMILES string of the molecule is CC(C)[C@@H]([C]=O)NC(=O)CCCCCN1C(=O)C=CC1=O. The van der Waals surface area contributed by atoms with E-state index in [0.29, 0.717) is 25.8 Å². The number of amides is 3. The minimum atomic E-state index is -0.566. The third-order valence-electron chi connectivity index (χ3n) is 3.30. The predicted molar refractivity (Wildman–Crippen MR) is 76.8 cm³/mol. The Balaban J connectivity index is 2.14. The second kappa shape index (κ2) is 8.34. The van der Waals surface area contributed by atoms with Crippen LogP contribution >= 0.6 is 0 Å². The number of carbonyl (C=O) groups is 3. The molecule has 3 amide bonds. The van der Waals surface area contributed by atoms with Gasteiger partial charge in [0.1, 0.15) is 0 Å². The van der Waals surface area contributed by atoms with Gasteiger partial charge in [-0.05, 0) is 18.8 Å². The van der Waals surface area contributed by atoms with Crippen LogP contribution in [0.3, 0.4) is 0 Å². The van der Waals surface area contributed by atoms with Gasteiger partial charge in [-0.15, -0.1) is 0 Å². The largest absolute Gasteiger partial charge is 0.346 e. The topological polar surface area (TPSA) is 83.6 Å². The third kappa shape index (κ3) is 5.49. The molecule has 0 saturated heterocycles. The summed E-state index contributed by atoms with van der Waals surface area (Å²) >= 11 is 0. The van der Waals surface area contributed by atoms with E-state index >= 15 is 0 Å². The van der Waals surface area contributed by atoms with Gasteiger partial charge in [-0.2, -0.15) is 0 Å². The maximum Gasteiger partial charge on any atom is 0.253 e. The van der Waals surface area contributed by atoms with Crippen LogP contribution in [-0.2, 0) is 19.2 Å². The monoisotopic (exact) mass is 293 g/mol. The van der Waals surface area contributed by atoms with Crippen molar-refractivity contribution in [1.82, 2.24) is 10.2 Å². The van der Waals surface area contributed by atoms with Crippen LogP contribution in [0.25, 0.3) is 0 Å². The zero-order valence-electron chi connectivity index (χ0n) is 12.4. The normalized spacial score (nSPS) is 15.7. The van der Waals surface area contributed by atoms with Gasteiger partial charge in [0.2, 0.25) is 12.2 Å². The van der Waals surface area contributed by atoms with Crippen LogP contribution in [0.2, 0.25) is 0 Å². The molecule has 0 aromatic carbocycles. The molecule has 115 valence electrons. The predicted octanol–water partition coefficient (Wildman–Crippen LogP) is 0.722. The highest BCUT2D eigenvalue weighted by molar-refractivity contribution is 6.12. The molecule has 0 aromatic heterocycles.